The van der Waals surface area contributed by atoms with E-state index in [0.29, 0.717) is 6.07 Å². The van der Waals surface area contributed by atoms with Crippen LogP contribution in [0.5, 0.6) is 0 Å². The Morgan fingerprint density at radius 1 is 1.16 bits per heavy atom. The minimum absolute atomic E-state index is 0.370. The molecule has 0 spiro atoms. The van der Waals surface area contributed by atoms with Crippen LogP contribution in [0.3, 0.4) is 0 Å². The van der Waals surface area contributed by atoms with Crippen LogP contribution in [0.1, 0.15) is 10.4 Å². The molecule has 0 saturated carbocycles. The van der Waals surface area contributed by atoms with Crippen molar-refractivity contribution in [3.63, 3.8) is 0 Å². The van der Waals surface area contributed by atoms with Crippen molar-refractivity contribution < 1.29 is 27.9 Å². The Morgan fingerprint density at radius 3 is 2.26 bits per heavy atom. The van der Waals surface area contributed by atoms with E-state index in [1.807, 2.05) is 5.32 Å². The van der Waals surface area contributed by atoms with Crippen molar-refractivity contribution in [1.29, 1.82) is 0 Å². The van der Waals surface area contributed by atoms with E-state index in [0.717, 1.165) is 12.1 Å². The van der Waals surface area contributed by atoms with Gasteiger partial charge in [-0.05, 0) is 12.1 Å². The quantitative estimate of drug-likeness (QED) is 0.788. The minimum Gasteiger partial charge on any atom is -0.452 e. The molecule has 0 heterocycles. The lowest BCUT2D eigenvalue weighted by Gasteiger charge is -2.05. The average Bonchev–Trinajstić information content (AvgIpc) is 2.34. The van der Waals surface area contributed by atoms with E-state index in [1.54, 1.807) is 0 Å². The maximum absolute atomic E-state index is 12.8. The number of esters is 1. The first kappa shape index (κ1) is 14.6. The van der Waals surface area contributed by atoms with Gasteiger partial charge in [0.25, 0.3) is 5.91 Å². The molecule has 0 bridgehead atoms. The molecule has 0 atom stereocenters. The van der Waals surface area contributed by atoms with Crippen LogP contribution in [0, 0.1) is 11.6 Å². The van der Waals surface area contributed by atoms with Crippen LogP contribution in [0.4, 0.5) is 13.6 Å². The Hall–Kier alpha value is -2.51. The van der Waals surface area contributed by atoms with E-state index in [9.17, 15) is 23.2 Å². The molecule has 0 aromatic heterocycles. The predicted molar refractivity (Wildman–Crippen MR) is 59.2 cm³/mol. The summed E-state index contributed by atoms with van der Waals surface area (Å²) >= 11 is 0. The zero-order chi connectivity index (χ0) is 14.4. The Labute approximate surface area is 106 Å². The zero-order valence-electron chi connectivity index (χ0n) is 9.83. The van der Waals surface area contributed by atoms with E-state index in [4.69, 9.17) is 0 Å². The summed E-state index contributed by atoms with van der Waals surface area (Å²) in [6.45, 7) is -0.746. The van der Waals surface area contributed by atoms with Crippen LogP contribution >= 0.6 is 0 Å². The molecular weight excluding hydrogens is 262 g/mol. The van der Waals surface area contributed by atoms with Gasteiger partial charge in [0, 0.05) is 13.1 Å². The van der Waals surface area contributed by atoms with Crippen LogP contribution in [-0.4, -0.2) is 31.6 Å². The first-order chi connectivity index (χ1) is 8.92. The topological polar surface area (TPSA) is 84.5 Å². The number of benzene rings is 1. The van der Waals surface area contributed by atoms with Crippen molar-refractivity contribution in [2.45, 2.75) is 0 Å². The first-order valence-corrected chi connectivity index (χ1v) is 5.07. The molecule has 1 aromatic rings. The molecule has 0 fully saturated rings. The smallest absolute Gasteiger partial charge is 0.338 e. The maximum Gasteiger partial charge on any atom is 0.338 e. The van der Waals surface area contributed by atoms with E-state index < -0.39 is 36.1 Å². The standard InChI is InChI=1S/C11H10F2N2O4/c1-14-11(18)15-9(16)5-19-10(17)6-2-7(12)4-8(13)3-6/h2-4H,5H2,1H3,(H2,14,15,16,18). The summed E-state index contributed by atoms with van der Waals surface area (Å²) in [5.74, 6) is -3.83. The van der Waals surface area contributed by atoms with Gasteiger partial charge in [-0.1, -0.05) is 0 Å². The Balaban J connectivity index is 2.56. The Morgan fingerprint density at radius 2 is 1.74 bits per heavy atom. The molecule has 0 saturated heterocycles. The third kappa shape index (κ3) is 4.70. The van der Waals surface area contributed by atoms with Gasteiger partial charge in [-0.3, -0.25) is 10.1 Å². The number of imide groups is 1. The molecule has 0 aliphatic rings. The van der Waals surface area contributed by atoms with E-state index in [1.165, 1.54) is 7.05 Å². The van der Waals surface area contributed by atoms with Crippen LogP contribution in [0.2, 0.25) is 0 Å². The van der Waals surface area contributed by atoms with Crippen molar-refractivity contribution in [2.75, 3.05) is 13.7 Å². The molecule has 3 amide bonds. The van der Waals surface area contributed by atoms with Crippen molar-refractivity contribution in [3.8, 4) is 0 Å². The number of carbonyl (C=O) groups excluding carboxylic acids is 3. The monoisotopic (exact) mass is 272 g/mol. The molecule has 2 N–H and O–H groups in total. The molecule has 1 rings (SSSR count). The summed E-state index contributed by atoms with van der Waals surface area (Å²) in [5, 5.41) is 3.96. The number of hydrogen-bond acceptors (Lipinski definition) is 4. The highest BCUT2D eigenvalue weighted by atomic mass is 19.1. The molecular formula is C11H10F2N2O4. The van der Waals surface area contributed by atoms with E-state index in [2.05, 4.69) is 10.1 Å². The van der Waals surface area contributed by atoms with Gasteiger partial charge in [-0.25, -0.2) is 18.4 Å². The summed E-state index contributed by atoms with van der Waals surface area (Å²) in [5.41, 5.74) is -0.370. The minimum atomic E-state index is -1.08. The highest BCUT2D eigenvalue weighted by molar-refractivity contribution is 5.96. The second-order valence-corrected chi connectivity index (χ2v) is 3.36. The van der Waals surface area contributed by atoms with E-state index in [-0.39, 0.29) is 5.56 Å². The molecule has 0 aliphatic heterocycles. The molecule has 6 nitrogen and oxygen atoms in total. The summed E-state index contributed by atoms with van der Waals surface area (Å²) in [4.78, 5) is 33.2. The lowest BCUT2D eigenvalue weighted by atomic mass is 10.2. The number of ether oxygens (including phenoxy) is 1. The third-order valence-corrected chi connectivity index (χ3v) is 1.91. The fraction of sp³-hybridized carbons (Fsp3) is 0.182. The number of amides is 3. The SMILES string of the molecule is CNC(=O)NC(=O)COC(=O)c1cc(F)cc(F)c1. The van der Waals surface area contributed by atoms with Crippen molar-refractivity contribution in [2.24, 2.45) is 0 Å². The number of carbonyl (C=O) groups is 3. The summed E-state index contributed by atoms with van der Waals surface area (Å²) < 4.78 is 30.1. The molecule has 0 radical (unpaired) electrons. The first-order valence-electron chi connectivity index (χ1n) is 5.07. The summed E-state index contributed by atoms with van der Waals surface area (Å²) in [7, 11) is 1.30. The number of nitrogens with one attached hydrogen (secondary N) is 2. The van der Waals surface area contributed by atoms with Crippen molar-refractivity contribution >= 4 is 17.9 Å². The van der Waals surface area contributed by atoms with Crippen LogP contribution in [0.25, 0.3) is 0 Å². The molecule has 19 heavy (non-hydrogen) atoms. The van der Waals surface area contributed by atoms with E-state index >= 15 is 0 Å². The zero-order valence-corrected chi connectivity index (χ0v) is 9.83. The molecule has 1 aromatic carbocycles. The summed E-state index contributed by atoms with van der Waals surface area (Å²) in [6, 6.07) is 1.36. The molecule has 0 unspecified atom stereocenters. The molecule has 8 heteroatoms. The van der Waals surface area contributed by atoms with Gasteiger partial charge in [0.1, 0.15) is 11.6 Å². The molecule has 0 aliphatic carbocycles. The second-order valence-electron chi connectivity index (χ2n) is 3.36. The number of halogens is 2. The van der Waals surface area contributed by atoms with Crippen LogP contribution in [0.15, 0.2) is 18.2 Å². The third-order valence-electron chi connectivity index (χ3n) is 1.91. The maximum atomic E-state index is 12.8. The number of hydrogen-bond donors (Lipinski definition) is 2. The van der Waals surface area contributed by atoms with Gasteiger partial charge >= 0.3 is 12.0 Å². The highest BCUT2D eigenvalue weighted by Gasteiger charge is 2.13. The van der Waals surface area contributed by atoms with Crippen molar-refractivity contribution in [3.05, 3.63) is 35.4 Å². The number of urea groups is 1. The Bertz CT molecular complexity index is 499. The fourth-order valence-electron chi connectivity index (χ4n) is 1.11. The van der Waals surface area contributed by atoms with Crippen LogP contribution in [-0.2, 0) is 9.53 Å². The summed E-state index contributed by atoms with van der Waals surface area (Å²) in [6.07, 6.45) is 0. The van der Waals surface area contributed by atoms with Gasteiger partial charge < -0.3 is 10.1 Å². The highest BCUT2D eigenvalue weighted by Crippen LogP contribution is 2.09. The van der Waals surface area contributed by atoms with Crippen LogP contribution < -0.4 is 10.6 Å². The van der Waals surface area contributed by atoms with Gasteiger partial charge in [0.2, 0.25) is 0 Å². The lowest BCUT2D eigenvalue weighted by Crippen LogP contribution is -2.39. The normalized spacial score (nSPS) is 9.63. The van der Waals surface area contributed by atoms with Gasteiger partial charge in [-0.15, -0.1) is 0 Å². The van der Waals surface area contributed by atoms with Gasteiger partial charge in [-0.2, -0.15) is 0 Å². The van der Waals surface area contributed by atoms with Crippen molar-refractivity contribution in [1.82, 2.24) is 10.6 Å². The lowest BCUT2D eigenvalue weighted by molar-refractivity contribution is -0.123. The number of rotatable bonds is 3. The largest absolute Gasteiger partial charge is 0.452 e. The van der Waals surface area contributed by atoms with Gasteiger partial charge in [0.05, 0.1) is 5.56 Å². The fourth-order valence-corrected chi connectivity index (χ4v) is 1.11. The van der Waals surface area contributed by atoms with Gasteiger partial charge in [0.15, 0.2) is 6.61 Å². The average molecular weight is 272 g/mol. The predicted octanol–water partition coefficient (Wildman–Crippen LogP) is 0.577. The molecule has 102 valence electrons. The Kier molecular flexibility index (Phi) is 4.92. The second kappa shape index (κ2) is 6.43.